The Hall–Kier alpha value is -1.26. The van der Waals surface area contributed by atoms with E-state index in [1.807, 2.05) is 0 Å². The second-order valence-electron chi connectivity index (χ2n) is 6.30. The van der Waals surface area contributed by atoms with E-state index in [2.05, 4.69) is 17.6 Å². The zero-order chi connectivity index (χ0) is 14.5. The number of carboxylic acids is 1. The monoisotopic (exact) mass is 282 g/mol. The summed E-state index contributed by atoms with van der Waals surface area (Å²) in [6.07, 6.45) is 7.90. The minimum Gasteiger partial charge on any atom is -0.480 e. The minimum atomic E-state index is -0.925. The van der Waals surface area contributed by atoms with Gasteiger partial charge in [0, 0.05) is 6.54 Å². The van der Waals surface area contributed by atoms with E-state index in [4.69, 9.17) is 5.11 Å². The third-order valence-electron chi connectivity index (χ3n) is 4.74. The number of hydrogen-bond donors (Lipinski definition) is 3. The number of rotatable bonds is 6. The molecule has 20 heavy (non-hydrogen) atoms. The first kappa shape index (κ1) is 15.1. The molecule has 2 saturated carbocycles. The van der Waals surface area contributed by atoms with E-state index < -0.39 is 12.0 Å². The first-order chi connectivity index (χ1) is 9.60. The maximum Gasteiger partial charge on any atom is 0.326 e. The smallest absolute Gasteiger partial charge is 0.326 e. The Kier molecular flexibility index (Phi) is 5.26. The van der Waals surface area contributed by atoms with Gasteiger partial charge in [-0.1, -0.05) is 26.2 Å². The van der Waals surface area contributed by atoms with E-state index in [-0.39, 0.29) is 11.9 Å². The van der Waals surface area contributed by atoms with Gasteiger partial charge in [0.1, 0.15) is 6.04 Å². The van der Waals surface area contributed by atoms with Gasteiger partial charge in [-0.05, 0) is 43.4 Å². The van der Waals surface area contributed by atoms with Crippen LogP contribution in [0.4, 0.5) is 4.79 Å². The molecular formula is C15H26N2O3. The van der Waals surface area contributed by atoms with Crippen LogP contribution in [0.1, 0.15) is 51.9 Å². The van der Waals surface area contributed by atoms with Crippen molar-refractivity contribution < 1.29 is 14.7 Å². The lowest BCUT2D eigenvalue weighted by molar-refractivity contribution is -0.139. The largest absolute Gasteiger partial charge is 0.480 e. The highest BCUT2D eigenvalue weighted by atomic mass is 16.4. The highest BCUT2D eigenvalue weighted by Gasteiger charge is 2.37. The van der Waals surface area contributed by atoms with Crippen molar-refractivity contribution in [2.45, 2.75) is 57.9 Å². The number of carbonyl (C=O) groups excluding carboxylic acids is 1. The van der Waals surface area contributed by atoms with Crippen LogP contribution < -0.4 is 10.6 Å². The minimum absolute atomic E-state index is 0.123. The molecule has 2 rings (SSSR count). The van der Waals surface area contributed by atoms with Crippen LogP contribution in [0, 0.1) is 17.8 Å². The van der Waals surface area contributed by atoms with Crippen LogP contribution in [0.15, 0.2) is 0 Å². The topological polar surface area (TPSA) is 78.4 Å². The Morgan fingerprint density at radius 1 is 1.10 bits per heavy atom. The molecule has 0 saturated heterocycles. The van der Waals surface area contributed by atoms with Gasteiger partial charge in [0.25, 0.3) is 0 Å². The summed E-state index contributed by atoms with van der Waals surface area (Å²) in [6.45, 7) is 2.90. The number of carboxylic acid groups (broad SMARTS) is 1. The molecule has 5 nitrogen and oxygen atoms in total. The summed E-state index contributed by atoms with van der Waals surface area (Å²) in [5.41, 5.74) is 0. The van der Waals surface area contributed by atoms with Crippen molar-refractivity contribution in [3.05, 3.63) is 0 Å². The Morgan fingerprint density at radius 2 is 1.70 bits per heavy atom. The molecule has 0 aromatic heterocycles. The Bertz CT molecular complexity index is 347. The first-order valence-corrected chi connectivity index (χ1v) is 7.87. The van der Waals surface area contributed by atoms with Crippen LogP contribution in [-0.2, 0) is 4.79 Å². The van der Waals surface area contributed by atoms with E-state index in [0.717, 1.165) is 18.8 Å². The lowest BCUT2D eigenvalue weighted by Gasteiger charge is -2.28. The highest BCUT2D eigenvalue weighted by molar-refractivity contribution is 5.83. The number of urea groups is 1. The van der Waals surface area contributed by atoms with Crippen molar-refractivity contribution in [1.29, 1.82) is 0 Å². The van der Waals surface area contributed by atoms with E-state index >= 15 is 0 Å². The van der Waals surface area contributed by atoms with Crippen LogP contribution >= 0.6 is 0 Å². The summed E-state index contributed by atoms with van der Waals surface area (Å²) < 4.78 is 0. The number of amides is 2. The number of hydrogen-bond acceptors (Lipinski definition) is 2. The van der Waals surface area contributed by atoms with E-state index in [1.165, 1.54) is 32.1 Å². The number of aliphatic carboxylic acids is 1. The van der Waals surface area contributed by atoms with Gasteiger partial charge < -0.3 is 15.7 Å². The molecule has 0 spiro atoms. The molecule has 0 heterocycles. The predicted octanol–water partition coefficient (Wildman–Crippen LogP) is 2.37. The van der Waals surface area contributed by atoms with Crippen molar-refractivity contribution >= 4 is 12.0 Å². The summed E-state index contributed by atoms with van der Waals surface area (Å²) >= 11 is 0. The number of nitrogens with one attached hydrogen (secondary N) is 2. The SMILES string of the molecule is CCC1CCC(CNC(=O)NC(C(=O)O)C2CC2)CC1. The van der Waals surface area contributed by atoms with Gasteiger partial charge in [-0.2, -0.15) is 0 Å². The molecule has 0 radical (unpaired) electrons. The fourth-order valence-corrected chi connectivity index (χ4v) is 3.08. The summed E-state index contributed by atoms with van der Waals surface area (Å²) in [5.74, 6) is 0.600. The van der Waals surface area contributed by atoms with Crippen LogP contribution in [0.2, 0.25) is 0 Å². The summed E-state index contributed by atoms with van der Waals surface area (Å²) in [7, 11) is 0. The van der Waals surface area contributed by atoms with E-state index in [1.54, 1.807) is 0 Å². The van der Waals surface area contributed by atoms with Crippen molar-refractivity contribution in [2.75, 3.05) is 6.54 Å². The Labute approximate surface area is 120 Å². The van der Waals surface area contributed by atoms with Crippen molar-refractivity contribution in [3.8, 4) is 0 Å². The molecule has 2 amide bonds. The molecule has 1 atom stereocenters. The van der Waals surface area contributed by atoms with Crippen molar-refractivity contribution in [2.24, 2.45) is 17.8 Å². The molecule has 5 heteroatoms. The Balaban J connectivity index is 1.66. The zero-order valence-electron chi connectivity index (χ0n) is 12.2. The van der Waals surface area contributed by atoms with Gasteiger partial charge in [0.15, 0.2) is 0 Å². The maximum atomic E-state index is 11.8. The predicted molar refractivity (Wildman–Crippen MR) is 76.4 cm³/mol. The van der Waals surface area contributed by atoms with Gasteiger partial charge in [-0.15, -0.1) is 0 Å². The molecule has 114 valence electrons. The van der Waals surface area contributed by atoms with Crippen molar-refractivity contribution in [3.63, 3.8) is 0 Å². The van der Waals surface area contributed by atoms with Crippen LogP contribution in [0.5, 0.6) is 0 Å². The molecule has 2 aliphatic carbocycles. The average molecular weight is 282 g/mol. The van der Waals surface area contributed by atoms with Gasteiger partial charge in [-0.25, -0.2) is 9.59 Å². The molecule has 2 aliphatic rings. The highest BCUT2D eigenvalue weighted by Crippen LogP contribution is 2.33. The molecule has 0 bridgehead atoms. The quantitative estimate of drug-likeness (QED) is 0.700. The molecular weight excluding hydrogens is 256 g/mol. The zero-order valence-corrected chi connectivity index (χ0v) is 12.2. The second-order valence-corrected chi connectivity index (χ2v) is 6.30. The lowest BCUT2D eigenvalue weighted by Crippen LogP contribution is -2.48. The van der Waals surface area contributed by atoms with Gasteiger partial charge in [0.2, 0.25) is 0 Å². The summed E-state index contributed by atoms with van der Waals surface area (Å²) in [5, 5.41) is 14.5. The van der Waals surface area contributed by atoms with E-state index in [9.17, 15) is 9.59 Å². The average Bonchev–Trinajstić information content (AvgIpc) is 3.27. The van der Waals surface area contributed by atoms with Crippen LogP contribution in [-0.4, -0.2) is 29.7 Å². The van der Waals surface area contributed by atoms with E-state index in [0.29, 0.717) is 12.5 Å². The lowest BCUT2D eigenvalue weighted by atomic mass is 9.81. The molecule has 0 aliphatic heterocycles. The fraction of sp³-hybridized carbons (Fsp3) is 0.867. The Morgan fingerprint density at radius 3 is 2.20 bits per heavy atom. The number of carbonyl (C=O) groups is 2. The van der Waals surface area contributed by atoms with Gasteiger partial charge in [-0.3, -0.25) is 0 Å². The van der Waals surface area contributed by atoms with Crippen molar-refractivity contribution in [1.82, 2.24) is 10.6 Å². The second kappa shape index (κ2) is 6.95. The summed E-state index contributed by atoms with van der Waals surface area (Å²) in [4.78, 5) is 22.8. The molecule has 2 fully saturated rings. The maximum absolute atomic E-state index is 11.8. The third kappa shape index (κ3) is 4.39. The molecule has 3 N–H and O–H groups in total. The molecule has 0 aromatic rings. The normalized spacial score (nSPS) is 27.6. The van der Waals surface area contributed by atoms with Gasteiger partial charge in [0.05, 0.1) is 0 Å². The van der Waals surface area contributed by atoms with Gasteiger partial charge >= 0.3 is 12.0 Å². The molecule has 0 aromatic carbocycles. The van der Waals surface area contributed by atoms with Crippen LogP contribution in [0.3, 0.4) is 0 Å². The van der Waals surface area contributed by atoms with Crippen LogP contribution in [0.25, 0.3) is 0 Å². The molecule has 1 unspecified atom stereocenters. The standard InChI is InChI=1S/C15H26N2O3/c1-2-10-3-5-11(6-4-10)9-16-15(20)17-13(14(18)19)12-7-8-12/h10-13H,2-9H2,1H3,(H,18,19)(H2,16,17,20). The fourth-order valence-electron chi connectivity index (χ4n) is 3.08. The summed E-state index contributed by atoms with van der Waals surface area (Å²) in [6, 6.07) is -1.05. The third-order valence-corrected chi connectivity index (χ3v) is 4.74. The first-order valence-electron chi connectivity index (χ1n) is 7.87.